The Labute approximate surface area is 157 Å². The number of rotatable bonds is 4. The van der Waals surface area contributed by atoms with E-state index in [1.54, 1.807) is 14.2 Å². The normalized spacial score (nSPS) is 10.7. The number of methoxy groups -OCH3 is 2. The van der Waals surface area contributed by atoms with Crippen molar-refractivity contribution < 1.29 is 9.47 Å². The molecule has 4 nitrogen and oxygen atoms in total. The standard InChI is InChI=1S/C23H19NO3/c1-26-17-12-10-15(11-13-17)22-21(16-6-5-7-18(14-16)27-2)19-8-3-4-9-20(19)23(25)24-22/h3-14H,1-2H3,(H,24,25). The topological polar surface area (TPSA) is 51.3 Å². The van der Waals surface area contributed by atoms with Crippen LogP contribution in [0.2, 0.25) is 0 Å². The summed E-state index contributed by atoms with van der Waals surface area (Å²) in [5, 5.41) is 1.56. The molecule has 134 valence electrons. The molecule has 0 saturated heterocycles. The summed E-state index contributed by atoms with van der Waals surface area (Å²) in [6.45, 7) is 0. The number of pyridine rings is 1. The maximum atomic E-state index is 12.7. The second-order valence-corrected chi connectivity index (χ2v) is 6.21. The first kappa shape index (κ1) is 16.9. The molecule has 0 aliphatic rings. The van der Waals surface area contributed by atoms with Crippen molar-refractivity contribution in [2.75, 3.05) is 14.2 Å². The van der Waals surface area contributed by atoms with Crippen molar-refractivity contribution in [3.8, 4) is 33.9 Å². The lowest BCUT2D eigenvalue weighted by atomic mass is 9.94. The minimum Gasteiger partial charge on any atom is -0.497 e. The van der Waals surface area contributed by atoms with Gasteiger partial charge in [-0.1, -0.05) is 30.3 Å². The lowest BCUT2D eigenvalue weighted by Gasteiger charge is -2.14. The van der Waals surface area contributed by atoms with Gasteiger partial charge in [-0.2, -0.15) is 0 Å². The fourth-order valence-electron chi connectivity index (χ4n) is 3.33. The fraction of sp³-hybridized carbons (Fsp3) is 0.0870. The summed E-state index contributed by atoms with van der Waals surface area (Å²) in [7, 11) is 3.28. The number of fused-ring (bicyclic) bond motifs is 1. The van der Waals surface area contributed by atoms with Crippen LogP contribution >= 0.6 is 0 Å². The highest BCUT2D eigenvalue weighted by Gasteiger charge is 2.15. The highest BCUT2D eigenvalue weighted by molar-refractivity contribution is 6.02. The summed E-state index contributed by atoms with van der Waals surface area (Å²) in [5.74, 6) is 1.54. The predicted molar refractivity (Wildman–Crippen MR) is 109 cm³/mol. The Balaban J connectivity index is 2.06. The summed E-state index contributed by atoms with van der Waals surface area (Å²) in [5.41, 5.74) is 3.52. The minimum atomic E-state index is -0.108. The van der Waals surface area contributed by atoms with E-state index in [-0.39, 0.29) is 5.56 Å². The van der Waals surface area contributed by atoms with Gasteiger partial charge in [-0.15, -0.1) is 0 Å². The Hall–Kier alpha value is -3.53. The van der Waals surface area contributed by atoms with Gasteiger partial charge in [0.1, 0.15) is 11.5 Å². The monoisotopic (exact) mass is 357 g/mol. The van der Waals surface area contributed by atoms with Gasteiger partial charge in [0.05, 0.1) is 19.9 Å². The first-order chi connectivity index (χ1) is 13.2. The number of aromatic amines is 1. The van der Waals surface area contributed by atoms with Gasteiger partial charge < -0.3 is 14.5 Å². The minimum absolute atomic E-state index is 0.108. The molecule has 0 fully saturated rings. The molecule has 27 heavy (non-hydrogen) atoms. The van der Waals surface area contributed by atoms with Crippen molar-refractivity contribution in [1.82, 2.24) is 4.98 Å². The van der Waals surface area contributed by atoms with Crippen LogP contribution in [-0.4, -0.2) is 19.2 Å². The highest BCUT2D eigenvalue weighted by Crippen LogP contribution is 2.36. The van der Waals surface area contributed by atoms with Gasteiger partial charge in [-0.05, 0) is 59.0 Å². The summed E-state index contributed by atoms with van der Waals surface area (Å²) >= 11 is 0. The van der Waals surface area contributed by atoms with E-state index in [1.165, 1.54) is 0 Å². The molecule has 1 heterocycles. The molecule has 0 atom stereocenters. The zero-order valence-electron chi connectivity index (χ0n) is 15.2. The Bertz CT molecular complexity index is 1160. The fourth-order valence-corrected chi connectivity index (χ4v) is 3.33. The summed E-state index contributed by atoms with van der Waals surface area (Å²) in [4.78, 5) is 15.8. The molecule has 0 spiro atoms. The van der Waals surface area contributed by atoms with Crippen molar-refractivity contribution in [2.24, 2.45) is 0 Å². The van der Waals surface area contributed by atoms with Gasteiger partial charge in [0.25, 0.3) is 5.56 Å². The van der Waals surface area contributed by atoms with Gasteiger partial charge in [0, 0.05) is 10.9 Å². The molecular formula is C23H19NO3. The zero-order chi connectivity index (χ0) is 18.8. The average Bonchev–Trinajstić information content (AvgIpc) is 2.74. The van der Waals surface area contributed by atoms with Crippen LogP contribution in [-0.2, 0) is 0 Å². The van der Waals surface area contributed by atoms with E-state index >= 15 is 0 Å². The van der Waals surface area contributed by atoms with Crippen LogP contribution in [0.15, 0.2) is 77.6 Å². The van der Waals surface area contributed by atoms with Crippen LogP contribution in [0.4, 0.5) is 0 Å². The molecule has 4 aromatic rings. The van der Waals surface area contributed by atoms with E-state index in [2.05, 4.69) is 4.98 Å². The molecule has 0 unspecified atom stereocenters. The third-order valence-corrected chi connectivity index (χ3v) is 4.67. The van der Waals surface area contributed by atoms with Crippen LogP contribution < -0.4 is 15.0 Å². The first-order valence-corrected chi connectivity index (χ1v) is 8.65. The Morgan fingerprint density at radius 3 is 2.11 bits per heavy atom. The van der Waals surface area contributed by atoms with E-state index in [4.69, 9.17) is 9.47 Å². The van der Waals surface area contributed by atoms with Crippen LogP contribution in [0, 0.1) is 0 Å². The Kier molecular flexibility index (Phi) is 4.38. The van der Waals surface area contributed by atoms with Crippen LogP contribution in [0.3, 0.4) is 0 Å². The largest absolute Gasteiger partial charge is 0.497 e. The molecule has 0 aliphatic heterocycles. The molecule has 1 aromatic heterocycles. The SMILES string of the molecule is COc1ccc(-c2[nH]c(=O)c3ccccc3c2-c2cccc(OC)c2)cc1. The van der Waals surface area contributed by atoms with Crippen LogP contribution in [0.25, 0.3) is 33.2 Å². The number of H-pyrrole nitrogens is 1. The second kappa shape index (κ2) is 7.00. The van der Waals surface area contributed by atoms with Crippen molar-refractivity contribution in [1.29, 1.82) is 0 Å². The molecule has 0 saturated carbocycles. The number of nitrogens with one attached hydrogen (secondary N) is 1. The molecule has 0 bridgehead atoms. The van der Waals surface area contributed by atoms with Gasteiger partial charge in [-0.3, -0.25) is 4.79 Å². The third-order valence-electron chi connectivity index (χ3n) is 4.67. The van der Waals surface area contributed by atoms with Crippen LogP contribution in [0.5, 0.6) is 11.5 Å². The van der Waals surface area contributed by atoms with Crippen molar-refractivity contribution >= 4 is 10.8 Å². The van der Waals surface area contributed by atoms with Gasteiger partial charge >= 0.3 is 0 Å². The van der Waals surface area contributed by atoms with E-state index in [0.717, 1.165) is 39.3 Å². The molecule has 4 heteroatoms. The molecular weight excluding hydrogens is 338 g/mol. The number of benzene rings is 3. The third kappa shape index (κ3) is 3.06. The summed E-state index contributed by atoms with van der Waals surface area (Å²) in [6.07, 6.45) is 0. The van der Waals surface area contributed by atoms with Crippen molar-refractivity contribution in [2.45, 2.75) is 0 Å². The van der Waals surface area contributed by atoms with E-state index in [0.29, 0.717) is 5.39 Å². The first-order valence-electron chi connectivity index (χ1n) is 8.65. The zero-order valence-corrected chi connectivity index (χ0v) is 15.2. The molecule has 0 amide bonds. The van der Waals surface area contributed by atoms with Crippen LogP contribution in [0.1, 0.15) is 0 Å². The number of hydrogen-bond acceptors (Lipinski definition) is 3. The molecule has 1 N–H and O–H groups in total. The Morgan fingerprint density at radius 1 is 0.704 bits per heavy atom. The second-order valence-electron chi connectivity index (χ2n) is 6.21. The van der Waals surface area contributed by atoms with Crippen molar-refractivity contribution in [3.05, 3.63) is 83.2 Å². The van der Waals surface area contributed by atoms with E-state index < -0.39 is 0 Å². The summed E-state index contributed by atoms with van der Waals surface area (Å²) in [6, 6.07) is 23.2. The predicted octanol–water partition coefficient (Wildman–Crippen LogP) is 4.88. The quantitative estimate of drug-likeness (QED) is 0.566. The van der Waals surface area contributed by atoms with Gasteiger partial charge in [0.2, 0.25) is 0 Å². The highest BCUT2D eigenvalue weighted by atomic mass is 16.5. The van der Waals surface area contributed by atoms with Gasteiger partial charge in [-0.25, -0.2) is 0 Å². The smallest absolute Gasteiger partial charge is 0.256 e. The average molecular weight is 357 g/mol. The number of hydrogen-bond donors (Lipinski definition) is 1. The molecule has 4 rings (SSSR count). The lowest BCUT2D eigenvalue weighted by Crippen LogP contribution is -2.09. The number of aromatic nitrogens is 1. The molecule has 3 aromatic carbocycles. The molecule has 0 radical (unpaired) electrons. The summed E-state index contributed by atoms with van der Waals surface area (Å²) < 4.78 is 10.7. The number of ether oxygens (including phenoxy) is 2. The lowest BCUT2D eigenvalue weighted by molar-refractivity contribution is 0.415. The molecule has 0 aliphatic carbocycles. The maximum absolute atomic E-state index is 12.7. The maximum Gasteiger partial charge on any atom is 0.256 e. The van der Waals surface area contributed by atoms with Gasteiger partial charge in [0.15, 0.2) is 0 Å². The van der Waals surface area contributed by atoms with E-state index in [9.17, 15) is 4.79 Å². The Morgan fingerprint density at radius 2 is 1.41 bits per heavy atom. The van der Waals surface area contributed by atoms with E-state index in [1.807, 2.05) is 72.8 Å². The van der Waals surface area contributed by atoms with Crippen molar-refractivity contribution in [3.63, 3.8) is 0 Å².